The molecule has 1 aliphatic heterocycles. The van der Waals surface area contributed by atoms with Crippen molar-refractivity contribution in [2.24, 2.45) is 5.84 Å². The number of benzene rings is 1. The van der Waals surface area contributed by atoms with Gasteiger partial charge in [-0.3, -0.25) is 10.8 Å². The van der Waals surface area contributed by atoms with E-state index < -0.39 is 0 Å². The molecule has 0 atom stereocenters. The van der Waals surface area contributed by atoms with Crippen LogP contribution in [0.2, 0.25) is 0 Å². The van der Waals surface area contributed by atoms with E-state index in [1.165, 1.54) is 0 Å². The van der Waals surface area contributed by atoms with Crippen LogP contribution in [0.4, 0.5) is 5.69 Å². The number of hydrazine groups is 1. The van der Waals surface area contributed by atoms with Crippen molar-refractivity contribution >= 4 is 16.6 Å². The highest BCUT2D eigenvalue weighted by molar-refractivity contribution is 5.93. The zero-order valence-corrected chi connectivity index (χ0v) is 10.6. The van der Waals surface area contributed by atoms with E-state index in [0.29, 0.717) is 25.6 Å². The van der Waals surface area contributed by atoms with Crippen LogP contribution in [-0.4, -0.2) is 25.3 Å². The standard InChI is InChI=1S/C13H15N3O3/c1-17-7-8-4-11(16-14)9-5-12-13(6-10(9)15-8)19-3-2-18-12/h4-6H,2-3,7,14H2,1H3,(H,15,16). The minimum Gasteiger partial charge on any atom is -0.486 e. The molecule has 0 amide bonds. The summed E-state index contributed by atoms with van der Waals surface area (Å²) >= 11 is 0. The number of nitrogens with one attached hydrogen (secondary N) is 1. The van der Waals surface area contributed by atoms with Crippen molar-refractivity contribution in [1.29, 1.82) is 0 Å². The van der Waals surface area contributed by atoms with E-state index in [9.17, 15) is 0 Å². The molecule has 100 valence electrons. The zero-order valence-electron chi connectivity index (χ0n) is 10.6. The summed E-state index contributed by atoms with van der Waals surface area (Å²) in [7, 11) is 1.63. The van der Waals surface area contributed by atoms with Crippen molar-refractivity contribution in [3.63, 3.8) is 0 Å². The van der Waals surface area contributed by atoms with Crippen LogP contribution in [0.1, 0.15) is 5.69 Å². The first-order valence-electron chi connectivity index (χ1n) is 6.00. The topological polar surface area (TPSA) is 78.6 Å². The minimum atomic E-state index is 0.430. The maximum absolute atomic E-state index is 5.57. The molecule has 1 aromatic heterocycles. The Labute approximate surface area is 110 Å². The summed E-state index contributed by atoms with van der Waals surface area (Å²) in [6.07, 6.45) is 0. The van der Waals surface area contributed by atoms with Crippen LogP contribution in [0.5, 0.6) is 11.5 Å². The number of hydrogen-bond acceptors (Lipinski definition) is 6. The summed E-state index contributed by atoms with van der Waals surface area (Å²) in [6.45, 7) is 1.54. The van der Waals surface area contributed by atoms with E-state index in [0.717, 1.165) is 28.0 Å². The van der Waals surface area contributed by atoms with Crippen LogP contribution in [0, 0.1) is 0 Å². The molecule has 0 spiro atoms. The molecule has 3 rings (SSSR count). The van der Waals surface area contributed by atoms with E-state index in [1.54, 1.807) is 7.11 Å². The molecule has 0 unspecified atom stereocenters. The molecule has 3 N–H and O–H groups in total. The van der Waals surface area contributed by atoms with Gasteiger partial charge in [0.2, 0.25) is 0 Å². The first-order chi connectivity index (χ1) is 9.31. The molecular weight excluding hydrogens is 246 g/mol. The predicted octanol–water partition coefficient (Wildman–Crippen LogP) is 1.44. The van der Waals surface area contributed by atoms with E-state index in [2.05, 4.69) is 10.4 Å². The summed E-state index contributed by atoms with van der Waals surface area (Å²) in [6, 6.07) is 5.62. The number of nitrogen functional groups attached to an aromatic ring is 1. The number of hydrogen-bond donors (Lipinski definition) is 2. The van der Waals surface area contributed by atoms with Gasteiger partial charge in [-0.05, 0) is 12.1 Å². The highest BCUT2D eigenvalue weighted by atomic mass is 16.6. The molecule has 6 nitrogen and oxygen atoms in total. The van der Waals surface area contributed by atoms with Gasteiger partial charge < -0.3 is 19.6 Å². The second kappa shape index (κ2) is 4.91. The smallest absolute Gasteiger partial charge is 0.163 e. The number of nitrogens with two attached hydrogens (primary N) is 1. The van der Waals surface area contributed by atoms with Crippen LogP contribution in [0.3, 0.4) is 0 Å². The molecule has 0 radical (unpaired) electrons. The average Bonchev–Trinajstić information content (AvgIpc) is 2.44. The van der Waals surface area contributed by atoms with Gasteiger partial charge in [-0.1, -0.05) is 0 Å². The Hall–Kier alpha value is -2.05. The fourth-order valence-electron chi connectivity index (χ4n) is 2.16. The number of nitrogens with zero attached hydrogens (tertiary/aromatic N) is 1. The molecular formula is C13H15N3O3. The number of methoxy groups -OCH3 is 1. The molecule has 0 saturated heterocycles. The number of rotatable bonds is 3. The number of fused-ring (bicyclic) bond motifs is 2. The first kappa shape index (κ1) is 12.0. The molecule has 0 bridgehead atoms. The number of ether oxygens (including phenoxy) is 3. The van der Waals surface area contributed by atoms with Gasteiger partial charge in [-0.2, -0.15) is 0 Å². The summed E-state index contributed by atoms with van der Waals surface area (Å²) in [4.78, 5) is 4.53. The molecule has 0 fully saturated rings. The number of aromatic nitrogens is 1. The third kappa shape index (κ3) is 2.16. The van der Waals surface area contributed by atoms with Crippen LogP contribution >= 0.6 is 0 Å². The van der Waals surface area contributed by atoms with Crippen LogP contribution in [0.15, 0.2) is 18.2 Å². The lowest BCUT2D eigenvalue weighted by Gasteiger charge is -2.19. The van der Waals surface area contributed by atoms with Gasteiger partial charge >= 0.3 is 0 Å². The normalized spacial score (nSPS) is 13.6. The van der Waals surface area contributed by atoms with Gasteiger partial charge in [0.1, 0.15) is 13.2 Å². The maximum atomic E-state index is 5.57. The van der Waals surface area contributed by atoms with E-state index in [1.807, 2.05) is 18.2 Å². The van der Waals surface area contributed by atoms with Crippen LogP contribution in [0.25, 0.3) is 10.9 Å². The van der Waals surface area contributed by atoms with Crippen molar-refractivity contribution < 1.29 is 14.2 Å². The Morgan fingerprint density at radius 2 is 2.00 bits per heavy atom. The SMILES string of the molecule is COCc1cc(NN)c2cc3c(cc2n1)OCCO3. The van der Waals surface area contributed by atoms with Gasteiger partial charge in [-0.25, -0.2) is 0 Å². The Bertz CT molecular complexity index is 616. The lowest BCUT2D eigenvalue weighted by atomic mass is 10.1. The third-order valence-electron chi connectivity index (χ3n) is 2.97. The number of anilines is 1. The Balaban J connectivity index is 2.19. The van der Waals surface area contributed by atoms with Gasteiger partial charge in [0.25, 0.3) is 0 Å². The summed E-state index contributed by atoms with van der Waals surface area (Å²) < 4.78 is 16.2. The lowest BCUT2D eigenvalue weighted by molar-refractivity contribution is 0.172. The summed E-state index contributed by atoms with van der Waals surface area (Å²) in [5.74, 6) is 7.00. The molecule has 0 aliphatic carbocycles. The molecule has 2 heterocycles. The van der Waals surface area contributed by atoms with Crippen molar-refractivity contribution in [3.05, 3.63) is 23.9 Å². The quantitative estimate of drug-likeness (QED) is 0.643. The minimum absolute atomic E-state index is 0.430. The maximum Gasteiger partial charge on any atom is 0.163 e. The Morgan fingerprint density at radius 1 is 1.26 bits per heavy atom. The molecule has 2 aromatic rings. The Kier molecular flexibility index (Phi) is 3.10. The fourth-order valence-corrected chi connectivity index (χ4v) is 2.16. The summed E-state index contributed by atoms with van der Waals surface area (Å²) in [5, 5.41) is 0.895. The molecule has 1 aliphatic rings. The molecule has 0 saturated carbocycles. The highest BCUT2D eigenvalue weighted by Gasteiger charge is 2.15. The number of pyridine rings is 1. The van der Waals surface area contributed by atoms with Gasteiger partial charge in [0, 0.05) is 18.6 Å². The second-order valence-electron chi connectivity index (χ2n) is 4.25. The van der Waals surface area contributed by atoms with Crippen molar-refractivity contribution in [2.75, 3.05) is 25.7 Å². The largest absolute Gasteiger partial charge is 0.486 e. The van der Waals surface area contributed by atoms with Crippen LogP contribution in [-0.2, 0) is 11.3 Å². The third-order valence-corrected chi connectivity index (χ3v) is 2.97. The monoisotopic (exact) mass is 261 g/mol. The van der Waals surface area contributed by atoms with E-state index in [-0.39, 0.29) is 0 Å². The molecule has 6 heteroatoms. The van der Waals surface area contributed by atoms with Crippen molar-refractivity contribution in [1.82, 2.24) is 4.98 Å². The lowest BCUT2D eigenvalue weighted by Crippen LogP contribution is -2.15. The second-order valence-corrected chi connectivity index (χ2v) is 4.25. The fraction of sp³-hybridized carbons (Fsp3) is 0.308. The van der Waals surface area contributed by atoms with Gasteiger partial charge in [0.15, 0.2) is 11.5 Å². The van der Waals surface area contributed by atoms with Gasteiger partial charge in [0.05, 0.1) is 23.5 Å². The molecule has 1 aromatic carbocycles. The molecule has 19 heavy (non-hydrogen) atoms. The summed E-state index contributed by atoms with van der Waals surface area (Å²) in [5.41, 5.74) is 5.07. The highest BCUT2D eigenvalue weighted by Crippen LogP contribution is 2.36. The van der Waals surface area contributed by atoms with Crippen molar-refractivity contribution in [3.8, 4) is 11.5 Å². The van der Waals surface area contributed by atoms with E-state index >= 15 is 0 Å². The predicted molar refractivity (Wildman–Crippen MR) is 71.3 cm³/mol. The zero-order chi connectivity index (χ0) is 13.2. The van der Waals surface area contributed by atoms with Crippen LogP contribution < -0.4 is 20.7 Å². The first-order valence-corrected chi connectivity index (χ1v) is 6.00. The Morgan fingerprint density at radius 3 is 2.68 bits per heavy atom. The van der Waals surface area contributed by atoms with Gasteiger partial charge in [-0.15, -0.1) is 0 Å². The van der Waals surface area contributed by atoms with Crippen molar-refractivity contribution in [2.45, 2.75) is 6.61 Å². The van der Waals surface area contributed by atoms with E-state index in [4.69, 9.17) is 20.1 Å². The average molecular weight is 261 g/mol.